The van der Waals surface area contributed by atoms with Gasteiger partial charge in [0.25, 0.3) is 0 Å². The summed E-state index contributed by atoms with van der Waals surface area (Å²) in [4.78, 5) is 1.75. The van der Waals surface area contributed by atoms with Crippen molar-refractivity contribution < 1.29 is 9.50 Å². The molecule has 0 bridgehead atoms. The molecule has 0 spiro atoms. The van der Waals surface area contributed by atoms with Crippen LogP contribution in [0.25, 0.3) is 0 Å². The molecular weight excluding hydrogens is 287 g/mol. The minimum atomic E-state index is -0.466. The summed E-state index contributed by atoms with van der Waals surface area (Å²) in [5.41, 5.74) is 0.652. The van der Waals surface area contributed by atoms with E-state index in [9.17, 15) is 4.39 Å². The van der Waals surface area contributed by atoms with Gasteiger partial charge in [-0.05, 0) is 41.9 Å². The van der Waals surface area contributed by atoms with Crippen LogP contribution in [0, 0.1) is 17.1 Å². The Morgan fingerprint density at radius 2 is 2.18 bits per heavy atom. The number of halogens is 2. The van der Waals surface area contributed by atoms with E-state index in [1.165, 1.54) is 0 Å². The van der Waals surface area contributed by atoms with Crippen molar-refractivity contribution >= 4 is 21.6 Å². The van der Waals surface area contributed by atoms with E-state index in [2.05, 4.69) is 15.9 Å². The second-order valence-electron chi connectivity index (χ2n) is 3.88. The molecular formula is C12H14BrFN2O. The summed E-state index contributed by atoms with van der Waals surface area (Å²) in [6.45, 7) is 4.14. The van der Waals surface area contributed by atoms with Crippen LogP contribution in [0.2, 0.25) is 0 Å². The second kappa shape index (κ2) is 5.99. The highest BCUT2D eigenvalue weighted by Crippen LogP contribution is 2.30. The smallest absolute Gasteiger partial charge is 0.161 e. The van der Waals surface area contributed by atoms with Gasteiger partial charge >= 0.3 is 0 Å². The molecule has 0 unspecified atom stereocenters. The highest BCUT2D eigenvalue weighted by molar-refractivity contribution is 9.10. The van der Waals surface area contributed by atoms with Crippen molar-refractivity contribution in [3.8, 4) is 6.07 Å². The quantitative estimate of drug-likeness (QED) is 0.930. The molecule has 0 aromatic heterocycles. The first-order valence-corrected chi connectivity index (χ1v) is 6.07. The van der Waals surface area contributed by atoms with Crippen LogP contribution in [0.3, 0.4) is 0 Å². The van der Waals surface area contributed by atoms with E-state index in [-0.39, 0.29) is 22.7 Å². The lowest BCUT2D eigenvalue weighted by atomic mass is 10.1. The average molecular weight is 301 g/mol. The van der Waals surface area contributed by atoms with Crippen molar-refractivity contribution in [3.63, 3.8) is 0 Å². The molecule has 5 heteroatoms. The van der Waals surface area contributed by atoms with E-state index in [0.29, 0.717) is 12.2 Å². The van der Waals surface area contributed by atoms with Crippen LogP contribution < -0.4 is 4.90 Å². The third kappa shape index (κ3) is 2.96. The molecule has 17 heavy (non-hydrogen) atoms. The molecule has 0 radical (unpaired) electrons. The number of rotatable bonds is 4. The van der Waals surface area contributed by atoms with Crippen molar-refractivity contribution in [1.29, 1.82) is 5.26 Å². The normalized spacial score (nSPS) is 10.4. The molecule has 1 aromatic rings. The number of nitrogens with zero attached hydrogens (tertiary/aromatic N) is 2. The zero-order chi connectivity index (χ0) is 13.0. The van der Waals surface area contributed by atoms with E-state index in [0.717, 1.165) is 0 Å². The highest BCUT2D eigenvalue weighted by atomic mass is 79.9. The van der Waals surface area contributed by atoms with E-state index in [1.54, 1.807) is 17.0 Å². The molecule has 1 aromatic carbocycles. The van der Waals surface area contributed by atoms with Gasteiger partial charge in [0.05, 0.1) is 22.3 Å². The molecule has 0 fully saturated rings. The lowest BCUT2D eigenvalue weighted by Crippen LogP contribution is -2.34. The van der Waals surface area contributed by atoms with Gasteiger partial charge in [-0.1, -0.05) is 0 Å². The summed E-state index contributed by atoms with van der Waals surface area (Å²) >= 11 is 3.07. The standard InChI is InChI=1S/C12H14BrFN2O/c1-8(2)16(5-6-17)10-4-3-9(7-15)11(13)12(10)14/h3-4,8,17H,5-6H2,1-2H3. The molecule has 92 valence electrons. The predicted octanol–water partition coefficient (Wildman–Crippen LogP) is 2.67. The van der Waals surface area contributed by atoms with Crippen molar-refractivity contribution in [2.75, 3.05) is 18.1 Å². The fourth-order valence-corrected chi connectivity index (χ4v) is 2.04. The van der Waals surface area contributed by atoms with Crippen molar-refractivity contribution in [3.05, 3.63) is 28.0 Å². The summed E-state index contributed by atoms with van der Waals surface area (Å²) in [5, 5.41) is 17.8. The minimum absolute atomic E-state index is 0.0464. The topological polar surface area (TPSA) is 47.3 Å². The first-order valence-electron chi connectivity index (χ1n) is 5.28. The van der Waals surface area contributed by atoms with Crippen LogP contribution in [0.4, 0.5) is 10.1 Å². The third-order valence-electron chi connectivity index (χ3n) is 2.46. The fraction of sp³-hybridized carbons (Fsp3) is 0.417. The maximum atomic E-state index is 14.1. The Balaban J connectivity index is 3.22. The maximum absolute atomic E-state index is 14.1. The van der Waals surface area contributed by atoms with Crippen LogP contribution in [-0.4, -0.2) is 24.3 Å². The van der Waals surface area contributed by atoms with Crippen LogP contribution in [0.1, 0.15) is 19.4 Å². The van der Waals surface area contributed by atoms with Gasteiger partial charge < -0.3 is 10.0 Å². The summed E-state index contributed by atoms with van der Waals surface area (Å²) < 4.78 is 14.2. The van der Waals surface area contributed by atoms with Gasteiger partial charge in [-0.3, -0.25) is 0 Å². The Bertz CT molecular complexity index is 443. The van der Waals surface area contributed by atoms with Gasteiger partial charge in [0.1, 0.15) is 6.07 Å². The lowest BCUT2D eigenvalue weighted by molar-refractivity contribution is 0.298. The Labute approximate surface area is 109 Å². The maximum Gasteiger partial charge on any atom is 0.161 e. The van der Waals surface area contributed by atoms with E-state index < -0.39 is 5.82 Å². The molecule has 0 saturated heterocycles. The molecule has 0 saturated carbocycles. The number of benzene rings is 1. The molecule has 3 nitrogen and oxygen atoms in total. The molecule has 1 rings (SSSR count). The van der Waals surface area contributed by atoms with Crippen molar-refractivity contribution in [2.45, 2.75) is 19.9 Å². The summed E-state index contributed by atoms with van der Waals surface area (Å²) in [6, 6.07) is 5.10. The number of hydrogen-bond acceptors (Lipinski definition) is 3. The predicted molar refractivity (Wildman–Crippen MR) is 68.4 cm³/mol. The summed E-state index contributed by atoms with van der Waals surface area (Å²) in [5.74, 6) is -0.466. The molecule has 1 N–H and O–H groups in total. The first kappa shape index (κ1) is 13.9. The Morgan fingerprint density at radius 1 is 1.53 bits per heavy atom. The lowest BCUT2D eigenvalue weighted by Gasteiger charge is -2.29. The van der Waals surface area contributed by atoms with Crippen molar-refractivity contribution in [2.24, 2.45) is 0 Å². The van der Waals surface area contributed by atoms with E-state index in [1.807, 2.05) is 19.9 Å². The number of anilines is 1. The number of nitriles is 1. The molecule has 0 aliphatic heterocycles. The van der Waals surface area contributed by atoms with Gasteiger partial charge in [-0.25, -0.2) is 4.39 Å². The zero-order valence-electron chi connectivity index (χ0n) is 9.74. The highest BCUT2D eigenvalue weighted by Gasteiger charge is 2.18. The Hall–Kier alpha value is -1.12. The fourth-order valence-electron chi connectivity index (χ4n) is 1.61. The Morgan fingerprint density at radius 3 is 2.65 bits per heavy atom. The van der Waals surface area contributed by atoms with E-state index >= 15 is 0 Å². The third-order valence-corrected chi connectivity index (χ3v) is 3.23. The average Bonchev–Trinajstić information content (AvgIpc) is 2.30. The van der Waals surface area contributed by atoms with Gasteiger partial charge in [-0.15, -0.1) is 0 Å². The van der Waals surface area contributed by atoms with Crippen LogP contribution in [0.5, 0.6) is 0 Å². The molecule has 0 amide bonds. The zero-order valence-corrected chi connectivity index (χ0v) is 11.3. The van der Waals surface area contributed by atoms with Crippen LogP contribution in [-0.2, 0) is 0 Å². The monoisotopic (exact) mass is 300 g/mol. The number of aliphatic hydroxyl groups excluding tert-OH is 1. The van der Waals surface area contributed by atoms with Gasteiger partial charge in [0, 0.05) is 12.6 Å². The molecule has 0 atom stereocenters. The van der Waals surface area contributed by atoms with Crippen LogP contribution >= 0.6 is 15.9 Å². The van der Waals surface area contributed by atoms with E-state index in [4.69, 9.17) is 10.4 Å². The van der Waals surface area contributed by atoms with Gasteiger partial charge in [-0.2, -0.15) is 5.26 Å². The molecule has 0 aliphatic rings. The Kier molecular flexibility index (Phi) is 4.91. The largest absolute Gasteiger partial charge is 0.395 e. The number of hydrogen-bond donors (Lipinski definition) is 1. The SMILES string of the molecule is CC(C)N(CCO)c1ccc(C#N)c(Br)c1F. The molecule has 0 heterocycles. The van der Waals surface area contributed by atoms with Gasteiger partial charge in [0.2, 0.25) is 0 Å². The second-order valence-corrected chi connectivity index (χ2v) is 4.68. The van der Waals surface area contributed by atoms with Crippen LogP contribution in [0.15, 0.2) is 16.6 Å². The van der Waals surface area contributed by atoms with Crippen molar-refractivity contribution in [1.82, 2.24) is 0 Å². The van der Waals surface area contributed by atoms with Gasteiger partial charge in [0.15, 0.2) is 5.82 Å². The number of aliphatic hydroxyl groups is 1. The summed E-state index contributed by atoms with van der Waals surface area (Å²) in [7, 11) is 0. The first-order chi connectivity index (χ1) is 8.02. The minimum Gasteiger partial charge on any atom is -0.395 e. The molecule has 0 aliphatic carbocycles. The summed E-state index contributed by atoms with van der Waals surface area (Å²) in [6.07, 6.45) is 0.